The molecular weight excluding hydrogens is 247 g/mol. The zero-order valence-corrected chi connectivity index (χ0v) is 10.6. The van der Waals surface area contributed by atoms with Crippen molar-refractivity contribution in [3.63, 3.8) is 0 Å². The number of carbonyl (C=O) groups excluding carboxylic acids is 1. The molecule has 5 heteroatoms. The first-order valence-corrected chi connectivity index (χ1v) is 5.68. The average Bonchev–Trinajstić information content (AvgIpc) is 2.16. The first-order chi connectivity index (χ1) is 7.41. The van der Waals surface area contributed by atoms with Crippen molar-refractivity contribution in [2.45, 2.75) is 25.9 Å². The third-order valence-corrected chi connectivity index (χ3v) is 2.76. The zero-order valence-electron chi connectivity index (χ0n) is 9.13. The molecule has 1 rings (SSSR count). The van der Waals surface area contributed by atoms with Gasteiger partial charge in [-0.15, -0.1) is 0 Å². The minimum Gasteiger partial charge on any atom is -0.348 e. The molecule has 88 valence electrons. The second-order valence-corrected chi connectivity index (χ2v) is 4.53. The van der Waals surface area contributed by atoms with Crippen LogP contribution in [0.4, 0.5) is 0 Å². The normalized spacial score (nSPS) is 14.3. The summed E-state index contributed by atoms with van der Waals surface area (Å²) in [5.41, 5.74) is 6.28. The van der Waals surface area contributed by atoms with Gasteiger partial charge in [-0.1, -0.05) is 29.3 Å². The Morgan fingerprint density at radius 1 is 1.38 bits per heavy atom. The molecule has 0 heterocycles. The largest absolute Gasteiger partial charge is 0.348 e. The smallest absolute Gasteiger partial charge is 0.237 e. The van der Waals surface area contributed by atoms with Gasteiger partial charge < -0.3 is 11.1 Å². The number of halogens is 2. The maximum atomic E-state index is 11.4. The Morgan fingerprint density at radius 2 is 2.00 bits per heavy atom. The van der Waals surface area contributed by atoms with Crippen LogP contribution in [0.1, 0.15) is 25.5 Å². The number of carbonyl (C=O) groups is 1. The lowest BCUT2D eigenvalue weighted by Crippen LogP contribution is -2.39. The lowest BCUT2D eigenvalue weighted by atomic mass is 10.1. The van der Waals surface area contributed by atoms with Gasteiger partial charge >= 0.3 is 0 Å². The fourth-order valence-electron chi connectivity index (χ4n) is 1.28. The topological polar surface area (TPSA) is 55.1 Å². The van der Waals surface area contributed by atoms with E-state index >= 15 is 0 Å². The fourth-order valence-corrected chi connectivity index (χ4v) is 1.85. The summed E-state index contributed by atoms with van der Waals surface area (Å²) < 4.78 is 0. The van der Waals surface area contributed by atoms with Crippen LogP contribution in [0, 0.1) is 0 Å². The van der Waals surface area contributed by atoms with Gasteiger partial charge in [-0.2, -0.15) is 0 Å². The van der Waals surface area contributed by atoms with Crippen LogP contribution in [0.25, 0.3) is 0 Å². The van der Waals surface area contributed by atoms with E-state index in [9.17, 15) is 4.79 Å². The van der Waals surface area contributed by atoms with E-state index in [2.05, 4.69) is 5.32 Å². The summed E-state index contributed by atoms with van der Waals surface area (Å²) in [6, 6.07) is 4.44. The molecule has 0 aliphatic heterocycles. The van der Waals surface area contributed by atoms with Crippen LogP contribution in [-0.4, -0.2) is 11.9 Å². The molecule has 2 atom stereocenters. The standard InChI is InChI=1S/C11H14Cl2N2O/c1-6(14)11(16)15-7(2)9-4-3-8(12)5-10(9)13/h3-7H,14H2,1-2H3,(H,15,16)/t6-,7?/m1/s1. The fraction of sp³-hybridized carbons (Fsp3) is 0.364. The molecule has 16 heavy (non-hydrogen) atoms. The summed E-state index contributed by atoms with van der Waals surface area (Å²) in [6.45, 7) is 3.47. The summed E-state index contributed by atoms with van der Waals surface area (Å²) in [5.74, 6) is -0.210. The molecule has 1 unspecified atom stereocenters. The summed E-state index contributed by atoms with van der Waals surface area (Å²) in [4.78, 5) is 11.4. The summed E-state index contributed by atoms with van der Waals surface area (Å²) >= 11 is 11.8. The van der Waals surface area contributed by atoms with Gasteiger partial charge in [0.1, 0.15) is 0 Å². The molecule has 0 bridgehead atoms. The molecule has 0 aliphatic carbocycles. The van der Waals surface area contributed by atoms with Gasteiger partial charge in [-0.3, -0.25) is 4.79 Å². The molecule has 0 spiro atoms. The van der Waals surface area contributed by atoms with Crippen LogP contribution in [0.2, 0.25) is 10.0 Å². The molecule has 0 saturated carbocycles. The van der Waals surface area contributed by atoms with Gasteiger partial charge in [0.15, 0.2) is 0 Å². The first kappa shape index (κ1) is 13.3. The van der Waals surface area contributed by atoms with Crippen molar-refractivity contribution >= 4 is 29.1 Å². The molecule has 0 radical (unpaired) electrons. The van der Waals surface area contributed by atoms with Crippen LogP contribution >= 0.6 is 23.2 Å². The highest BCUT2D eigenvalue weighted by molar-refractivity contribution is 6.35. The predicted octanol–water partition coefficient (Wildman–Crippen LogP) is 2.52. The molecule has 0 aliphatic rings. The summed E-state index contributed by atoms with van der Waals surface area (Å²) in [7, 11) is 0. The van der Waals surface area contributed by atoms with Crippen LogP contribution in [0.15, 0.2) is 18.2 Å². The van der Waals surface area contributed by atoms with Gasteiger partial charge in [-0.25, -0.2) is 0 Å². The lowest BCUT2D eigenvalue weighted by Gasteiger charge is -2.17. The highest BCUT2D eigenvalue weighted by Gasteiger charge is 2.14. The minimum absolute atomic E-state index is 0.191. The molecule has 1 aromatic carbocycles. The van der Waals surface area contributed by atoms with Gasteiger partial charge in [0.25, 0.3) is 0 Å². The number of rotatable bonds is 3. The van der Waals surface area contributed by atoms with Gasteiger partial charge in [-0.05, 0) is 31.5 Å². The number of hydrogen-bond acceptors (Lipinski definition) is 2. The Balaban J connectivity index is 2.80. The van der Waals surface area contributed by atoms with E-state index in [1.54, 1.807) is 25.1 Å². The molecule has 3 N–H and O–H groups in total. The van der Waals surface area contributed by atoms with Gasteiger partial charge in [0.2, 0.25) is 5.91 Å². The Labute approximate surface area is 105 Å². The van der Waals surface area contributed by atoms with Crippen LogP contribution in [-0.2, 0) is 4.79 Å². The molecule has 0 saturated heterocycles. The van der Waals surface area contributed by atoms with E-state index in [0.29, 0.717) is 10.0 Å². The van der Waals surface area contributed by atoms with Crippen molar-refractivity contribution in [3.05, 3.63) is 33.8 Å². The number of hydrogen-bond donors (Lipinski definition) is 2. The second-order valence-electron chi connectivity index (χ2n) is 3.68. The Morgan fingerprint density at radius 3 is 2.50 bits per heavy atom. The molecule has 1 amide bonds. The molecule has 0 aromatic heterocycles. The van der Waals surface area contributed by atoms with Crippen LogP contribution < -0.4 is 11.1 Å². The van der Waals surface area contributed by atoms with E-state index < -0.39 is 6.04 Å². The first-order valence-electron chi connectivity index (χ1n) is 4.92. The third kappa shape index (κ3) is 3.37. The SMILES string of the molecule is CC(NC(=O)[C@@H](C)N)c1ccc(Cl)cc1Cl. The summed E-state index contributed by atoms with van der Waals surface area (Å²) in [5, 5.41) is 3.87. The van der Waals surface area contributed by atoms with Crippen LogP contribution in [0.3, 0.4) is 0 Å². The summed E-state index contributed by atoms with van der Waals surface area (Å²) in [6.07, 6.45) is 0. The molecule has 1 aromatic rings. The van der Waals surface area contributed by atoms with E-state index in [0.717, 1.165) is 5.56 Å². The van der Waals surface area contributed by atoms with Crippen molar-refractivity contribution in [2.24, 2.45) is 5.73 Å². The molecule has 3 nitrogen and oxygen atoms in total. The number of nitrogens with one attached hydrogen (secondary N) is 1. The van der Waals surface area contributed by atoms with E-state index in [1.165, 1.54) is 0 Å². The van der Waals surface area contributed by atoms with Crippen molar-refractivity contribution in [1.82, 2.24) is 5.32 Å². The van der Waals surface area contributed by atoms with E-state index in [1.807, 2.05) is 6.92 Å². The number of nitrogens with two attached hydrogens (primary N) is 1. The van der Waals surface area contributed by atoms with Crippen molar-refractivity contribution in [1.29, 1.82) is 0 Å². The Bertz CT molecular complexity index is 394. The highest BCUT2D eigenvalue weighted by Crippen LogP contribution is 2.25. The molecule has 0 fully saturated rings. The number of amides is 1. The van der Waals surface area contributed by atoms with E-state index in [-0.39, 0.29) is 11.9 Å². The van der Waals surface area contributed by atoms with Crippen molar-refractivity contribution < 1.29 is 4.79 Å². The van der Waals surface area contributed by atoms with Crippen LogP contribution in [0.5, 0.6) is 0 Å². The maximum Gasteiger partial charge on any atom is 0.237 e. The maximum absolute atomic E-state index is 11.4. The monoisotopic (exact) mass is 260 g/mol. The quantitative estimate of drug-likeness (QED) is 0.878. The minimum atomic E-state index is -0.534. The predicted molar refractivity (Wildman–Crippen MR) is 66.7 cm³/mol. The average molecular weight is 261 g/mol. The van der Waals surface area contributed by atoms with Crippen molar-refractivity contribution in [3.8, 4) is 0 Å². The van der Waals surface area contributed by atoms with E-state index in [4.69, 9.17) is 28.9 Å². The molecular formula is C11H14Cl2N2O. The third-order valence-electron chi connectivity index (χ3n) is 2.20. The van der Waals surface area contributed by atoms with Crippen molar-refractivity contribution in [2.75, 3.05) is 0 Å². The zero-order chi connectivity index (χ0) is 12.3. The lowest BCUT2D eigenvalue weighted by molar-refractivity contribution is -0.122. The Kier molecular flexibility index (Phi) is 4.59. The highest BCUT2D eigenvalue weighted by atomic mass is 35.5. The Hall–Kier alpha value is -0.770. The number of benzene rings is 1. The second kappa shape index (κ2) is 5.53. The van der Waals surface area contributed by atoms with Gasteiger partial charge in [0, 0.05) is 10.0 Å². The van der Waals surface area contributed by atoms with Gasteiger partial charge in [0.05, 0.1) is 12.1 Å².